The predicted octanol–water partition coefficient (Wildman–Crippen LogP) is 3.07. The Bertz CT molecular complexity index is 751. The monoisotopic (exact) mass is 340 g/mol. The Kier molecular flexibility index (Phi) is 6.42. The van der Waals surface area contributed by atoms with E-state index in [0.717, 1.165) is 11.1 Å². The first-order valence-electron chi connectivity index (χ1n) is 7.65. The fourth-order valence-corrected chi connectivity index (χ4v) is 3.17. The average Bonchev–Trinajstić information content (AvgIpc) is 2.62. The van der Waals surface area contributed by atoms with Gasteiger partial charge in [0.15, 0.2) is 0 Å². The van der Waals surface area contributed by atoms with E-state index in [2.05, 4.69) is 11.4 Å². The molecule has 0 aromatic heterocycles. The largest absolute Gasteiger partial charge is 0.395 e. The molecule has 4 nitrogen and oxygen atoms in total. The summed E-state index contributed by atoms with van der Waals surface area (Å²) in [6.07, 6.45) is 1.90. The Labute approximate surface area is 146 Å². The number of nitriles is 1. The van der Waals surface area contributed by atoms with Crippen molar-refractivity contribution >= 4 is 17.7 Å². The SMILES string of the molecule is CSC(CO)C(C)NC(=O)c1ccccc1-c1ccccc1C#N. The molecule has 0 spiro atoms. The first-order valence-corrected chi connectivity index (χ1v) is 8.94. The molecule has 0 aliphatic heterocycles. The second kappa shape index (κ2) is 8.53. The number of aliphatic hydroxyl groups is 1. The highest BCUT2D eigenvalue weighted by atomic mass is 32.2. The van der Waals surface area contributed by atoms with Crippen molar-refractivity contribution < 1.29 is 9.90 Å². The van der Waals surface area contributed by atoms with Crippen molar-refractivity contribution in [3.63, 3.8) is 0 Å². The van der Waals surface area contributed by atoms with E-state index in [1.807, 2.05) is 37.4 Å². The molecule has 0 saturated carbocycles. The van der Waals surface area contributed by atoms with E-state index in [9.17, 15) is 15.2 Å². The summed E-state index contributed by atoms with van der Waals surface area (Å²) in [7, 11) is 0. The minimum atomic E-state index is -0.210. The number of thioether (sulfide) groups is 1. The second-order valence-corrected chi connectivity index (χ2v) is 6.50. The van der Waals surface area contributed by atoms with Crippen molar-refractivity contribution in [1.29, 1.82) is 5.26 Å². The quantitative estimate of drug-likeness (QED) is 0.847. The molecule has 2 aromatic carbocycles. The van der Waals surface area contributed by atoms with Gasteiger partial charge in [-0.3, -0.25) is 4.79 Å². The molecule has 24 heavy (non-hydrogen) atoms. The zero-order valence-electron chi connectivity index (χ0n) is 13.7. The van der Waals surface area contributed by atoms with Crippen LogP contribution in [-0.4, -0.2) is 35.2 Å². The topological polar surface area (TPSA) is 73.1 Å². The maximum atomic E-state index is 12.7. The second-order valence-electron chi connectivity index (χ2n) is 5.42. The van der Waals surface area contributed by atoms with Crippen LogP contribution >= 0.6 is 11.8 Å². The minimum absolute atomic E-state index is 0.00151. The van der Waals surface area contributed by atoms with Gasteiger partial charge in [0.1, 0.15) is 0 Å². The van der Waals surface area contributed by atoms with Gasteiger partial charge >= 0.3 is 0 Å². The van der Waals surface area contributed by atoms with E-state index in [0.29, 0.717) is 11.1 Å². The van der Waals surface area contributed by atoms with E-state index in [-0.39, 0.29) is 23.8 Å². The Morgan fingerprint density at radius 3 is 2.46 bits per heavy atom. The molecule has 0 bridgehead atoms. The van der Waals surface area contributed by atoms with Gasteiger partial charge in [-0.25, -0.2) is 0 Å². The highest BCUT2D eigenvalue weighted by Crippen LogP contribution is 2.27. The van der Waals surface area contributed by atoms with Crippen LogP contribution in [0.15, 0.2) is 48.5 Å². The lowest BCUT2D eigenvalue weighted by Gasteiger charge is -2.22. The van der Waals surface area contributed by atoms with Gasteiger partial charge in [0.2, 0.25) is 0 Å². The lowest BCUT2D eigenvalue weighted by molar-refractivity contribution is 0.0936. The molecule has 0 aliphatic carbocycles. The maximum Gasteiger partial charge on any atom is 0.252 e. The summed E-state index contributed by atoms with van der Waals surface area (Å²) < 4.78 is 0. The first kappa shape index (κ1) is 18.1. The molecule has 2 atom stereocenters. The standard InChI is InChI=1S/C19H20N2O2S/c1-13(18(12-22)24-2)21-19(23)17-10-6-5-9-16(17)15-8-4-3-7-14(15)11-20/h3-10,13,18,22H,12H2,1-2H3,(H,21,23). The third-order valence-corrected chi connectivity index (χ3v) is 5.07. The molecular weight excluding hydrogens is 320 g/mol. The summed E-state index contributed by atoms with van der Waals surface area (Å²) >= 11 is 1.51. The van der Waals surface area contributed by atoms with Crippen LogP contribution in [0.4, 0.5) is 0 Å². The third kappa shape index (κ3) is 3.97. The van der Waals surface area contributed by atoms with Crippen LogP contribution in [0.1, 0.15) is 22.8 Å². The van der Waals surface area contributed by atoms with Crippen LogP contribution < -0.4 is 5.32 Å². The van der Waals surface area contributed by atoms with Crippen molar-refractivity contribution in [3.05, 3.63) is 59.7 Å². The molecule has 2 N–H and O–H groups in total. The van der Waals surface area contributed by atoms with E-state index in [1.54, 1.807) is 24.3 Å². The van der Waals surface area contributed by atoms with Gasteiger partial charge in [0, 0.05) is 22.4 Å². The van der Waals surface area contributed by atoms with E-state index in [1.165, 1.54) is 11.8 Å². The van der Waals surface area contributed by atoms with Crippen LogP contribution in [-0.2, 0) is 0 Å². The van der Waals surface area contributed by atoms with Crippen molar-refractivity contribution in [2.75, 3.05) is 12.9 Å². The van der Waals surface area contributed by atoms with Crippen molar-refractivity contribution in [3.8, 4) is 17.2 Å². The molecule has 0 aliphatic rings. The summed E-state index contributed by atoms with van der Waals surface area (Å²) in [6, 6.07) is 16.5. The smallest absolute Gasteiger partial charge is 0.252 e. The molecule has 0 fully saturated rings. The molecular formula is C19H20N2O2S. The highest BCUT2D eigenvalue weighted by molar-refractivity contribution is 7.99. The normalized spacial score (nSPS) is 12.9. The van der Waals surface area contributed by atoms with Crippen molar-refractivity contribution in [2.45, 2.75) is 18.2 Å². The molecule has 2 unspecified atom stereocenters. The number of carbonyl (C=O) groups excluding carboxylic acids is 1. The number of carbonyl (C=O) groups is 1. The Hall–Kier alpha value is -2.29. The fraction of sp³-hybridized carbons (Fsp3) is 0.263. The van der Waals surface area contributed by atoms with Crippen molar-refractivity contribution in [2.24, 2.45) is 0 Å². The van der Waals surface area contributed by atoms with E-state index >= 15 is 0 Å². The molecule has 2 aromatic rings. The highest BCUT2D eigenvalue weighted by Gasteiger charge is 2.20. The predicted molar refractivity (Wildman–Crippen MR) is 97.9 cm³/mol. The number of rotatable bonds is 6. The van der Waals surface area contributed by atoms with E-state index in [4.69, 9.17) is 0 Å². The molecule has 5 heteroatoms. The molecule has 0 saturated heterocycles. The zero-order valence-corrected chi connectivity index (χ0v) is 14.5. The Morgan fingerprint density at radius 2 is 1.83 bits per heavy atom. The van der Waals surface area contributed by atoms with Gasteiger partial charge < -0.3 is 10.4 Å². The van der Waals surface area contributed by atoms with Gasteiger partial charge in [-0.2, -0.15) is 17.0 Å². The lowest BCUT2D eigenvalue weighted by Crippen LogP contribution is -2.41. The molecule has 0 radical (unpaired) electrons. The number of nitrogens with zero attached hydrogens (tertiary/aromatic N) is 1. The minimum Gasteiger partial charge on any atom is -0.395 e. The number of benzene rings is 2. The summed E-state index contributed by atoms with van der Waals surface area (Å²) in [4.78, 5) is 12.7. The average molecular weight is 340 g/mol. The molecule has 2 rings (SSSR count). The van der Waals surface area contributed by atoms with Gasteiger partial charge in [-0.15, -0.1) is 0 Å². The number of aliphatic hydroxyl groups excluding tert-OH is 1. The summed E-state index contributed by atoms with van der Waals surface area (Å²) in [5.41, 5.74) is 2.51. The van der Waals surface area contributed by atoms with E-state index < -0.39 is 0 Å². The number of hydrogen-bond acceptors (Lipinski definition) is 4. The van der Waals surface area contributed by atoms with Gasteiger partial charge in [0.05, 0.1) is 18.2 Å². The molecule has 124 valence electrons. The number of hydrogen-bond donors (Lipinski definition) is 2. The van der Waals surface area contributed by atoms with Crippen LogP contribution in [0, 0.1) is 11.3 Å². The Morgan fingerprint density at radius 1 is 1.21 bits per heavy atom. The lowest BCUT2D eigenvalue weighted by atomic mass is 9.95. The summed E-state index contributed by atoms with van der Waals surface area (Å²) in [6.45, 7) is 1.88. The fourth-order valence-electron chi connectivity index (χ4n) is 2.55. The maximum absolute atomic E-state index is 12.7. The van der Waals surface area contributed by atoms with Crippen LogP contribution in [0.25, 0.3) is 11.1 Å². The Balaban J connectivity index is 2.36. The van der Waals surface area contributed by atoms with Crippen LogP contribution in [0.2, 0.25) is 0 Å². The number of amides is 1. The zero-order chi connectivity index (χ0) is 17.5. The molecule has 0 heterocycles. The van der Waals surface area contributed by atoms with Crippen LogP contribution in [0.3, 0.4) is 0 Å². The summed E-state index contributed by atoms with van der Waals surface area (Å²) in [5, 5.41) is 21.6. The van der Waals surface area contributed by atoms with Gasteiger partial charge in [-0.05, 0) is 30.9 Å². The van der Waals surface area contributed by atoms with Crippen LogP contribution in [0.5, 0.6) is 0 Å². The van der Waals surface area contributed by atoms with Crippen molar-refractivity contribution in [1.82, 2.24) is 5.32 Å². The molecule has 1 amide bonds. The number of nitrogens with one attached hydrogen (secondary N) is 1. The summed E-state index contributed by atoms with van der Waals surface area (Å²) in [5.74, 6) is -0.210. The van der Waals surface area contributed by atoms with Gasteiger partial charge in [-0.1, -0.05) is 36.4 Å². The van der Waals surface area contributed by atoms with Gasteiger partial charge in [0.25, 0.3) is 5.91 Å². The third-order valence-electron chi connectivity index (χ3n) is 3.91. The first-order chi connectivity index (χ1) is 11.6.